The summed E-state index contributed by atoms with van der Waals surface area (Å²) in [5, 5.41) is 11.0. The van der Waals surface area contributed by atoms with Crippen LogP contribution in [0.3, 0.4) is 0 Å². The van der Waals surface area contributed by atoms with Gasteiger partial charge >= 0.3 is 5.92 Å². The Morgan fingerprint density at radius 1 is 1.24 bits per heavy atom. The van der Waals surface area contributed by atoms with Gasteiger partial charge in [-0.25, -0.2) is 0 Å². The van der Waals surface area contributed by atoms with Gasteiger partial charge in [-0.1, -0.05) is 41.4 Å². The molecular formula is C23H21Cl2F2N5O2. The lowest BCUT2D eigenvalue weighted by molar-refractivity contribution is -0.126. The summed E-state index contributed by atoms with van der Waals surface area (Å²) in [5.74, 6) is -4.81. The number of rotatable bonds is 4. The predicted octanol–water partition coefficient (Wildman–Crippen LogP) is 4.34. The highest BCUT2D eigenvalue weighted by Crippen LogP contribution is 2.47. The molecule has 0 aliphatic carbocycles. The number of aromatic nitrogens is 2. The maximum absolute atomic E-state index is 15.1. The van der Waals surface area contributed by atoms with Crippen LogP contribution in [-0.4, -0.2) is 53.4 Å². The number of carbonyl (C=O) groups excluding carboxylic acids is 1. The van der Waals surface area contributed by atoms with Crippen LogP contribution >= 0.6 is 23.2 Å². The first kappa shape index (κ1) is 23.1. The summed E-state index contributed by atoms with van der Waals surface area (Å²) >= 11 is 11.8. The van der Waals surface area contributed by atoms with Crippen LogP contribution in [0.5, 0.6) is 0 Å². The van der Waals surface area contributed by atoms with Gasteiger partial charge in [0, 0.05) is 49.1 Å². The van der Waals surface area contributed by atoms with Crippen LogP contribution in [0.15, 0.2) is 51.0 Å². The van der Waals surface area contributed by atoms with Crippen molar-refractivity contribution in [2.75, 3.05) is 26.2 Å². The van der Waals surface area contributed by atoms with Crippen LogP contribution in [0.1, 0.15) is 36.6 Å². The van der Waals surface area contributed by atoms with Gasteiger partial charge in [-0.15, -0.1) is 10.2 Å². The predicted molar refractivity (Wildman–Crippen MR) is 123 cm³/mol. The zero-order valence-corrected chi connectivity index (χ0v) is 19.7. The molecule has 1 spiro atoms. The summed E-state index contributed by atoms with van der Waals surface area (Å²) in [6.07, 6.45) is 5.97. The second-order valence-electron chi connectivity index (χ2n) is 8.85. The van der Waals surface area contributed by atoms with E-state index in [0.29, 0.717) is 31.6 Å². The molecule has 1 amide bonds. The Morgan fingerprint density at radius 3 is 2.74 bits per heavy atom. The number of hydrogen-bond donors (Lipinski definition) is 1. The number of halogens is 4. The molecule has 1 atom stereocenters. The lowest BCUT2D eigenvalue weighted by Gasteiger charge is -2.42. The van der Waals surface area contributed by atoms with E-state index in [9.17, 15) is 4.79 Å². The molecule has 2 aromatic rings. The van der Waals surface area contributed by atoms with Crippen molar-refractivity contribution < 1.29 is 18.0 Å². The monoisotopic (exact) mass is 507 g/mol. The average molecular weight is 508 g/mol. The second-order valence-corrected chi connectivity index (χ2v) is 9.67. The first-order chi connectivity index (χ1) is 16.2. The SMILES string of the molecule is CC1=CCC=C(C(=O)N2CC(c3nnc(C(F)(F)c4ccc(Cl)c(Cl)c4)o3)C3(CNC3)C2)C=N1. The number of nitrogens with one attached hydrogen (secondary N) is 1. The Labute approximate surface area is 204 Å². The van der Waals surface area contributed by atoms with E-state index in [1.165, 1.54) is 12.1 Å². The van der Waals surface area contributed by atoms with Gasteiger partial charge in [0.25, 0.3) is 11.8 Å². The number of benzene rings is 1. The molecule has 3 aliphatic rings. The molecule has 34 heavy (non-hydrogen) atoms. The molecule has 0 bridgehead atoms. The van der Waals surface area contributed by atoms with Gasteiger partial charge in [0.2, 0.25) is 5.89 Å². The summed E-state index contributed by atoms with van der Waals surface area (Å²) in [5.41, 5.74) is 0.603. The van der Waals surface area contributed by atoms with Crippen molar-refractivity contribution in [2.24, 2.45) is 10.4 Å². The van der Waals surface area contributed by atoms with Crippen molar-refractivity contribution in [2.45, 2.75) is 25.2 Å². The molecule has 0 radical (unpaired) electrons. The fourth-order valence-corrected chi connectivity index (χ4v) is 4.84. The van der Waals surface area contributed by atoms with Crippen molar-refractivity contribution in [3.8, 4) is 0 Å². The Kier molecular flexibility index (Phi) is 5.82. The molecule has 11 heteroatoms. The van der Waals surface area contributed by atoms with E-state index in [0.717, 1.165) is 11.8 Å². The first-order valence-corrected chi connectivity index (χ1v) is 11.5. The van der Waals surface area contributed by atoms with Crippen LogP contribution in [0.25, 0.3) is 0 Å². The molecule has 0 saturated carbocycles. The minimum atomic E-state index is -3.55. The number of amides is 1. The van der Waals surface area contributed by atoms with Crippen molar-refractivity contribution in [1.82, 2.24) is 20.4 Å². The maximum Gasteiger partial charge on any atom is 0.349 e. The molecule has 1 aromatic carbocycles. The summed E-state index contributed by atoms with van der Waals surface area (Å²) < 4.78 is 35.7. The van der Waals surface area contributed by atoms with Crippen molar-refractivity contribution in [3.05, 3.63) is 69.0 Å². The zero-order chi connectivity index (χ0) is 24.1. The zero-order valence-electron chi connectivity index (χ0n) is 18.2. The quantitative estimate of drug-likeness (QED) is 0.665. The topological polar surface area (TPSA) is 83.6 Å². The number of likely N-dealkylation sites (tertiary alicyclic amines) is 1. The minimum Gasteiger partial charge on any atom is -0.419 e. The van der Waals surface area contributed by atoms with E-state index in [2.05, 4.69) is 20.5 Å². The highest BCUT2D eigenvalue weighted by Gasteiger charge is 2.55. The standard InChI is InChI=1S/C23H21Cl2F2N5O2/c1-13-3-2-4-14(8-29-13)20(33)32-9-16(22(12-32)10-28-11-22)19-30-31-21(34-19)23(26,27)15-5-6-17(24)18(25)7-15/h3-8,16,28H,2,9-12H2,1H3. The molecule has 1 aromatic heterocycles. The van der Waals surface area contributed by atoms with E-state index < -0.39 is 17.4 Å². The lowest BCUT2D eigenvalue weighted by Crippen LogP contribution is -2.57. The number of nitrogens with zero attached hydrogens (tertiary/aromatic N) is 4. The van der Waals surface area contributed by atoms with Crippen LogP contribution in [0, 0.1) is 5.41 Å². The fourth-order valence-electron chi connectivity index (χ4n) is 4.54. The molecule has 5 rings (SSSR count). The Hall–Kier alpha value is -2.62. The second kappa shape index (κ2) is 8.55. The Balaban J connectivity index is 1.40. The Bertz CT molecular complexity index is 1240. The molecule has 178 valence electrons. The van der Waals surface area contributed by atoms with Crippen molar-refractivity contribution in [1.29, 1.82) is 0 Å². The third-order valence-corrected chi connectivity index (χ3v) is 7.32. The summed E-state index contributed by atoms with van der Waals surface area (Å²) in [6.45, 7) is 3.87. The van der Waals surface area contributed by atoms with E-state index in [1.807, 2.05) is 19.1 Å². The molecule has 2 saturated heterocycles. The molecule has 3 aliphatic heterocycles. The highest BCUT2D eigenvalue weighted by molar-refractivity contribution is 6.42. The smallest absolute Gasteiger partial charge is 0.349 e. The van der Waals surface area contributed by atoms with Crippen molar-refractivity contribution >= 4 is 35.3 Å². The molecule has 7 nitrogen and oxygen atoms in total. The number of alkyl halides is 2. The number of carbonyl (C=O) groups is 1. The summed E-state index contributed by atoms with van der Waals surface area (Å²) in [7, 11) is 0. The van der Waals surface area contributed by atoms with Gasteiger partial charge in [-0.2, -0.15) is 8.78 Å². The number of hydrogen-bond acceptors (Lipinski definition) is 6. The van der Waals surface area contributed by atoms with Gasteiger partial charge in [0.05, 0.1) is 21.5 Å². The fraction of sp³-hybridized carbons (Fsp3) is 0.391. The maximum atomic E-state index is 15.1. The number of allylic oxidation sites excluding steroid dienone is 3. The van der Waals surface area contributed by atoms with Gasteiger partial charge in [0.15, 0.2) is 0 Å². The van der Waals surface area contributed by atoms with Gasteiger partial charge in [-0.05, 0) is 25.5 Å². The molecule has 1 N–H and O–H groups in total. The van der Waals surface area contributed by atoms with Gasteiger partial charge < -0.3 is 14.6 Å². The Morgan fingerprint density at radius 2 is 2.03 bits per heavy atom. The van der Waals surface area contributed by atoms with E-state index in [-0.39, 0.29) is 39.7 Å². The largest absolute Gasteiger partial charge is 0.419 e. The van der Waals surface area contributed by atoms with Crippen molar-refractivity contribution in [3.63, 3.8) is 0 Å². The minimum absolute atomic E-state index is 0.00442. The van der Waals surface area contributed by atoms with Crippen LogP contribution < -0.4 is 5.32 Å². The van der Waals surface area contributed by atoms with Crippen LogP contribution in [0.2, 0.25) is 10.0 Å². The van der Waals surface area contributed by atoms with E-state index in [4.69, 9.17) is 27.6 Å². The molecule has 1 unspecified atom stereocenters. The summed E-state index contributed by atoms with van der Waals surface area (Å²) in [6, 6.07) is 3.55. The summed E-state index contributed by atoms with van der Waals surface area (Å²) in [4.78, 5) is 19.2. The first-order valence-electron chi connectivity index (χ1n) is 10.8. The normalized spacial score (nSPS) is 21.8. The molecule has 4 heterocycles. The third kappa shape index (κ3) is 3.95. The van der Waals surface area contributed by atoms with Crippen LogP contribution in [-0.2, 0) is 10.7 Å². The number of aliphatic imine (C=N–C) groups is 1. The van der Waals surface area contributed by atoms with E-state index >= 15 is 8.78 Å². The third-order valence-electron chi connectivity index (χ3n) is 6.58. The molecule has 2 fully saturated rings. The molecular weight excluding hydrogens is 487 g/mol. The lowest BCUT2D eigenvalue weighted by atomic mass is 9.73. The average Bonchev–Trinajstić information content (AvgIpc) is 3.37. The van der Waals surface area contributed by atoms with Crippen LogP contribution in [0.4, 0.5) is 8.78 Å². The van der Waals surface area contributed by atoms with E-state index in [1.54, 1.807) is 11.1 Å². The van der Waals surface area contributed by atoms with Gasteiger partial charge in [-0.3, -0.25) is 9.79 Å². The highest BCUT2D eigenvalue weighted by atomic mass is 35.5. The van der Waals surface area contributed by atoms with Gasteiger partial charge in [0.1, 0.15) is 0 Å².